The van der Waals surface area contributed by atoms with E-state index in [1.165, 1.54) is 5.56 Å². The second-order valence-corrected chi connectivity index (χ2v) is 5.63. The van der Waals surface area contributed by atoms with E-state index in [9.17, 15) is 4.79 Å². The molecule has 0 spiro atoms. The van der Waals surface area contributed by atoms with E-state index < -0.39 is 0 Å². The first-order chi connectivity index (χ1) is 12.7. The number of carbonyl (C=O) groups excluding carboxylic acids is 1. The number of aromatic nitrogens is 2. The summed E-state index contributed by atoms with van der Waals surface area (Å²) in [6.45, 7) is 2.09. The molecular formula is C20H20N4O2. The standard InChI is InChI=1S/C20H20N4O2/c1-3-14-7-9-15(10-8-14)22-19(25)18-11-12-21-20(24-18)23-16-5-4-6-17(13-16)26-2/h4-13H,3H2,1-2H3,(H,22,25)(H,21,23,24). The van der Waals surface area contributed by atoms with Gasteiger partial charge in [-0.3, -0.25) is 4.79 Å². The molecule has 1 aromatic heterocycles. The lowest BCUT2D eigenvalue weighted by Gasteiger charge is -2.09. The zero-order valence-corrected chi connectivity index (χ0v) is 14.7. The first-order valence-electron chi connectivity index (χ1n) is 8.32. The maximum atomic E-state index is 12.4. The molecule has 0 aliphatic carbocycles. The van der Waals surface area contributed by atoms with Gasteiger partial charge in [-0.15, -0.1) is 0 Å². The Bertz CT molecular complexity index is 894. The minimum atomic E-state index is -0.287. The summed E-state index contributed by atoms with van der Waals surface area (Å²) in [5.74, 6) is 0.775. The number of nitrogens with one attached hydrogen (secondary N) is 2. The highest BCUT2D eigenvalue weighted by molar-refractivity contribution is 6.03. The average Bonchev–Trinajstić information content (AvgIpc) is 2.69. The van der Waals surface area contributed by atoms with Crippen molar-refractivity contribution in [2.75, 3.05) is 17.7 Å². The molecule has 0 aliphatic rings. The molecule has 2 aromatic carbocycles. The summed E-state index contributed by atoms with van der Waals surface area (Å²) in [5.41, 5.74) is 3.00. The Morgan fingerprint density at radius 2 is 1.88 bits per heavy atom. The molecule has 0 saturated heterocycles. The topological polar surface area (TPSA) is 76.1 Å². The Hall–Kier alpha value is -3.41. The van der Waals surface area contributed by atoms with Crippen molar-refractivity contribution in [3.8, 4) is 5.75 Å². The van der Waals surface area contributed by atoms with Crippen molar-refractivity contribution in [3.63, 3.8) is 0 Å². The molecule has 132 valence electrons. The quantitative estimate of drug-likeness (QED) is 0.703. The number of ether oxygens (including phenoxy) is 1. The number of amides is 1. The van der Waals surface area contributed by atoms with Crippen LogP contribution in [0.25, 0.3) is 0 Å². The largest absolute Gasteiger partial charge is 0.497 e. The van der Waals surface area contributed by atoms with Crippen LogP contribution in [-0.4, -0.2) is 23.0 Å². The third-order valence-electron chi connectivity index (χ3n) is 3.83. The van der Waals surface area contributed by atoms with Gasteiger partial charge in [0.2, 0.25) is 5.95 Å². The molecule has 26 heavy (non-hydrogen) atoms. The fourth-order valence-corrected chi connectivity index (χ4v) is 2.39. The number of hydrogen-bond acceptors (Lipinski definition) is 5. The molecule has 0 aliphatic heterocycles. The molecule has 6 heteroatoms. The van der Waals surface area contributed by atoms with Crippen LogP contribution in [0.4, 0.5) is 17.3 Å². The Morgan fingerprint density at radius 1 is 1.08 bits per heavy atom. The van der Waals surface area contributed by atoms with Gasteiger partial charge in [-0.05, 0) is 42.3 Å². The second-order valence-electron chi connectivity index (χ2n) is 5.63. The number of hydrogen-bond donors (Lipinski definition) is 2. The summed E-state index contributed by atoms with van der Waals surface area (Å²) in [6, 6.07) is 16.7. The molecular weight excluding hydrogens is 328 g/mol. The maximum absolute atomic E-state index is 12.4. The number of benzene rings is 2. The van der Waals surface area contributed by atoms with Crippen molar-refractivity contribution in [2.45, 2.75) is 13.3 Å². The van der Waals surface area contributed by atoms with Gasteiger partial charge in [0.25, 0.3) is 5.91 Å². The highest BCUT2D eigenvalue weighted by Gasteiger charge is 2.10. The Balaban J connectivity index is 1.72. The highest BCUT2D eigenvalue weighted by atomic mass is 16.5. The van der Waals surface area contributed by atoms with E-state index in [4.69, 9.17) is 4.74 Å². The molecule has 0 saturated carbocycles. The second kappa shape index (κ2) is 8.11. The minimum Gasteiger partial charge on any atom is -0.497 e. The van der Waals surface area contributed by atoms with Crippen molar-refractivity contribution < 1.29 is 9.53 Å². The minimum absolute atomic E-state index is 0.282. The van der Waals surface area contributed by atoms with Gasteiger partial charge in [0.15, 0.2) is 0 Å². The van der Waals surface area contributed by atoms with E-state index in [2.05, 4.69) is 27.5 Å². The average molecular weight is 348 g/mol. The van der Waals surface area contributed by atoms with Crippen molar-refractivity contribution in [1.29, 1.82) is 0 Å². The lowest BCUT2D eigenvalue weighted by Crippen LogP contribution is -2.14. The number of carbonyl (C=O) groups is 1. The zero-order chi connectivity index (χ0) is 18.4. The van der Waals surface area contributed by atoms with E-state index in [-0.39, 0.29) is 11.6 Å². The van der Waals surface area contributed by atoms with E-state index in [0.717, 1.165) is 23.5 Å². The smallest absolute Gasteiger partial charge is 0.274 e. The molecule has 0 bridgehead atoms. The van der Waals surface area contributed by atoms with E-state index in [0.29, 0.717) is 5.95 Å². The molecule has 0 unspecified atom stereocenters. The highest BCUT2D eigenvalue weighted by Crippen LogP contribution is 2.19. The summed E-state index contributed by atoms with van der Waals surface area (Å²) in [7, 11) is 1.60. The zero-order valence-electron chi connectivity index (χ0n) is 14.7. The molecule has 1 heterocycles. The predicted octanol–water partition coefficient (Wildman–Crippen LogP) is 4.04. The van der Waals surface area contributed by atoms with E-state index in [1.807, 2.05) is 48.5 Å². The van der Waals surface area contributed by atoms with Crippen LogP contribution in [0.15, 0.2) is 60.8 Å². The van der Waals surface area contributed by atoms with Crippen LogP contribution >= 0.6 is 0 Å². The molecule has 2 N–H and O–H groups in total. The molecule has 0 radical (unpaired) electrons. The van der Waals surface area contributed by atoms with Gasteiger partial charge in [0.05, 0.1) is 7.11 Å². The van der Waals surface area contributed by atoms with Crippen LogP contribution in [0.3, 0.4) is 0 Å². The van der Waals surface area contributed by atoms with Crippen molar-refractivity contribution in [3.05, 3.63) is 72.1 Å². The van der Waals surface area contributed by atoms with Gasteiger partial charge in [0, 0.05) is 23.6 Å². The summed E-state index contributed by atoms with van der Waals surface area (Å²) in [4.78, 5) is 20.9. The van der Waals surface area contributed by atoms with Crippen LogP contribution in [0, 0.1) is 0 Å². The molecule has 3 aromatic rings. The third-order valence-corrected chi connectivity index (χ3v) is 3.83. The van der Waals surface area contributed by atoms with Gasteiger partial charge in [-0.2, -0.15) is 0 Å². The van der Waals surface area contributed by atoms with Crippen LogP contribution in [0.1, 0.15) is 23.0 Å². The van der Waals surface area contributed by atoms with Crippen LogP contribution in [0.2, 0.25) is 0 Å². The molecule has 1 amide bonds. The first-order valence-corrected chi connectivity index (χ1v) is 8.32. The van der Waals surface area contributed by atoms with Gasteiger partial charge >= 0.3 is 0 Å². The summed E-state index contributed by atoms with van der Waals surface area (Å²) >= 11 is 0. The Morgan fingerprint density at radius 3 is 2.62 bits per heavy atom. The van der Waals surface area contributed by atoms with E-state index in [1.54, 1.807) is 19.4 Å². The molecule has 6 nitrogen and oxygen atoms in total. The maximum Gasteiger partial charge on any atom is 0.274 e. The normalized spacial score (nSPS) is 10.2. The number of rotatable bonds is 6. The summed E-state index contributed by atoms with van der Waals surface area (Å²) < 4.78 is 5.19. The van der Waals surface area contributed by atoms with Crippen molar-refractivity contribution in [2.24, 2.45) is 0 Å². The lowest BCUT2D eigenvalue weighted by molar-refractivity contribution is 0.102. The van der Waals surface area contributed by atoms with Gasteiger partial charge in [-0.25, -0.2) is 9.97 Å². The molecule has 0 atom stereocenters. The van der Waals surface area contributed by atoms with Crippen LogP contribution < -0.4 is 15.4 Å². The number of aryl methyl sites for hydroxylation is 1. The van der Waals surface area contributed by atoms with E-state index >= 15 is 0 Å². The number of methoxy groups -OCH3 is 1. The third kappa shape index (κ3) is 4.36. The fraction of sp³-hybridized carbons (Fsp3) is 0.150. The SMILES string of the molecule is CCc1ccc(NC(=O)c2ccnc(Nc3cccc(OC)c3)n2)cc1. The predicted molar refractivity (Wildman–Crippen MR) is 102 cm³/mol. The van der Waals surface area contributed by atoms with Gasteiger partial charge in [0.1, 0.15) is 11.4 Å². The van der Waals surface area contributed by atoms with Crippen LogP contribution in [0.5, 0.6) is 5.75 Å². The van der Waals surface area contributed by atoms with Crippen molar-refractivity contribution >= 4 is 23.2 Å². The number of anilines is 3. The fourth-order valence-electron chi connectivity index (χ4n) is 2.39. The van der Waals surface area contributed by atoms with Crippen LogP contribution in [-0.2, 0) is 6.42 Å². The molecule has 3 rings (SSSR count). The van der Waals surface area contributed by atoms with Crippen molar-refractivity contribution in [1.82, 2.24) is 9.97 Å². The Labute approximate surface area is 152 Å². The van der Waals surface area contributed by atoms with Gasteiger partial charge < -0.3 is 15.4 Å². The summed E-state index contributed by atoms with van der Waals surface area (Å²) in [6.07, 6.45) is 2.50. The summed E-state index contributed by atoms with van der Waals surface area (Å²) in [5, 5.41) is 5.91. The Kier molecular flexibility index (Phi) is 5.43. The first kappa shape index (κ1) is 17.4. The monoisotopic (exact) mass is 348 g/mol. The van der Waals surface area contributed by atoms with Gasteiger partial charge in [-0.1, -0.05) is 25.1 Å². The lowest BCUT2D eigenvalue weighted by atomic mass is 10.1. The molecule has 0 fully saturated rings. The number of nitrogens with zero attached hydrogens (tertiary/aromatic N) is 2.